The van der Waals surface area contributed by atoms with Crippen molar-refractivity contribution in [1.29, 1.82) is 0 Å². The van der Waals surface area contributed by atoms with E-state index in [1.807, 2.05) is 55.1 Å². The molecule has 4 aromatic rings. The number of hydrogen-bond acceptors (Lipinski definition) is 5. The maximum absolute atomic E-state index is 13.6. The van der Waals surface area contributed by atoms with Gasteiger partial charge in [0.25, 0.3) is 0 Å². The van der Waals surface area contributed by atoms with E-state index in [0.29, 0.717) is 19.0 Å². The Morgan fingerprint density at radius 2 is 1.90 bits per heavy atom. The van der Waals surface area contributed by atoms with Crippen molar-refractivity contribution in [1.82, 2.24) is 29.8 Å². The zero-order chi connectivity index (χ0) is 27.4. The minimum absolute atomic E-state index is 0.0174. The number of benzene rings is 2. The molecule has 0 radical (unpaired) electrons. The van der Waals surface area contributed by atoms with Gasteiger partial charge in [0.2, 0.25) is 0 Å². The Labute approximate surface area is 227 Å². The summed E-state index contributed by atoms with van der Waals surface area (Å²) >= 11 is 0. The Balaban J connectivity index is 1.41. The number of likely N-dealkylation sites (tertiary alicyclic amines) is 1. The predicted molar refractivity (Wildman–Crippen MR) is 149 cm³/mol. The van der Waals surface area contributed by atoms with Crippen LogP contribution in [0.1, 0.15) is 24.0 Å². The van der Waals surface area contributed by atoms with Gasteiger partial charge in [0, 0.05) is 56.5 Å². The van der Waals surface area contributed by atoms with E-state index in [0.717, 1.165) is 47.7 Å². The molecule has 10 heteroatoms. The van der Waals surface area contributed by atoms with Crippen LogP contribution in [0.2, 0.25) is 0 Å². The Morgan fingerprint density at radius 3 is 2.59 bits per heavy atom. The summed E-state index contributed by atoms with van der Waals surface area (Å²) in [6.07, 6.45) is 3.74. The number of para-hydroxylation sites is 1. The molecule has 0 aliphatic carbocycles. The molecule has 2 unspecified atom stereocenters. The Kier molecular flexibility index (Phi) is 8.04. The average molecular weight is 532 g/mol. The van der Waals surface area contributed by atoms with Crippen molar-refractivity contribution in [2.24, 2.45) is 0 Å². The summed E-state index contributed by atoms with van der Waals surface area (Å²) in [5.74, 6) is 0.328. The maximum Gasteiger partial charge on any atom is 0.320 e. The molecule has 5 rings (SSSR count). The smallest absolute Gasteiger partial charge is 0.320 e. The number of carbonyl (C=O) groups is 1. The van der Waals surface area contributed by atoms with Crippen LogP contribution in [-0.4, -0.2) is 69.9 Å². The average Bonchev–Trinajstić information content (AvgIpc) is 3.66. The number of ether oxygens (including phenoxy) is 1. The van der Waals surface area contributed by atoms with Crippen LogP contribution in [-0.2, 0) is 11.3 Å². The Bertz CT molecular complexity index is 1400. The minimum atomic E-state index is -0.323. The number of hydrogen-bond donors (Lipinski definition) is 2. The fourth-order valence-electron chi connectivity index (χ4n) is 5.13. The molecule has 1 aliphatic rings. The van der Waals surface area contributed by atoms with Gasteiger partial charge in [-0.1, -0.05) is 30.3 Å². The highest BCUT2D eigenvalue weighted by Gasteiger charge is 2.35. The third-order valence-electron chi connectivity index (χ3n) is 7.21. The zero-order valence-electron chi connectivity index (χ0n) is 22.5. The standard InChI is InChI=1S/C29H34FN7O2/c1-4-36-17-22(16-31-36)27-20(2)28(37(34-27)24-8-6-5-7-9-24)33-29(38)32-26-19-35(14-15-39-3)18-25(26)21-10-12-23(30)13-11-21/h5-13,16-17,25-26H,4,14-15,18-19H2,1-3H3,(H2,32,33,38). The number of aryl methyl sites for hydroxylation is 1. The lowest BCUT2D eigenvalue weighted by atomic mass is 9.94. The fraction of sp³-hybridized carbons (Fsp3) is 0.345. The summed E-state index contributed by atoms with van der Waals surface area (Å²) in [7, 11) is 1.68. The molecule has 3 heterocycles. The highest BCUT2D eigenvalue weighted by atomic mass is 19.1. The number of methoxy groups -OCH3 is 1. The van der Waals surface area contributed by atoms with E-state index in [-0.39, 0.29) is 23.8 Å². The van der Waals surface area contributed by atoms with Crippen molar-refractivity contribution in [3.8, 4) is 16.9 Å². The summed E-state index contributed by atoms with van der Waals surface area (Å²) < 4.78 is 22.5. The lowest BCUT2D eigenvalue weighted by molar-refractivity contribution is 0.159. The maximum atomic E-state index is 13.6. The van der Waals surface area contributed by atoms with Gasteiger partial charge in [-0.25, -0.2) is 13.9 Å². The first kappa shape index (κ1) is 26.6. The van der Waals surface area contributed by atoms with Crippen LogP contribution in [0.3, 0.4) is 0 Å². The van der Waals surface area contributed by atoms with Gasteiger partial charge in [-0.3, -0.25) is 14.9 Å². The predicted octanol–water partition coefficient (Wildman–Crippen LogP) is 4.44. The second-order valence-corrected chi connectivity index (χ2v) is 9.77. The first-order chi connectivity index (χ1) is 19.0. The minimum Gasteiger partial charge on any atom is -0.383 e. The fourth-order valence-corrected chi connectivity index (χ4v) is 5.13. The third kappa shape index (κ3) is 5.86. The molecule has 1 aliphatic heterocycles. The normalized spacial score (nSPS) is 17.4. The third-order valence-corrected chi connectivity index (χ3v) is 7.21. The molecule has 1 saturated heterocycles. The van der Waals surface area contributed by atoms with Crippen LogP contribution < -0.4 is 10.6 Å². The van der Waals surface area contributed by atoms with Crippen molar-refractivity contribution in [3.63, 3.8) is 0 Å². The lowest BCUT2D eigenvalue weighted by Crippen LogP contribution is -2.42. The molecule has 2 amide bonds. The number of carbonyl (C=O) groups excluding carboxylic acids is 1. The van der Waals surface area contributed by atoms with Crippen LogP contribution >= 0.6 is 0 Å². The first-order valence-corrected chi connectivity index (χ1v) is 13.2. The number of amides is 2. The number of aromatic nitrogens is 4. The summed E-state index contributed by atoms with van der Waals surface area (Å²) in [6, 6.07) is 15.7. The molecule has 204 valence electrons. The van der Waals surface area contributed by atoms with E-state index in [4.69, 9.17) is 9.84 Å². The van der Waals surface area contributed by atoms with Gasteiger partial charge < -0.3 is 10.1 Å². The van der Waals surface area contributed by atoms with Gasteiger partial charge >= 0.3 is 6.03 Å². The summed E-state index contributed by atoms with van der Waals surface area (Å²) in [4.78, 5) is 15.7. The number of nitrogens with zero attached hydrogens (tertiary/aromatic N) is 5. The number of nitrogens with one attached hydrogen (secondary N) is 2. The van der Waals surface area contributed by atoms with E-state index >= 15 is 0 Å². The molecular weight excluding hydrogens is 497 g/mol. The Morgan fingerprint density at radius 1 is 1.13 bits per heavy atom. The first-order valence-electron chi connectivity index (χ1n) is 13.2. The van der Waals surface area contributed by atoms with Crippen molar-refractivity contribution in [2.45, 2.75) is 32.4 Å². The van der Waals surface area contributed by atoms with Gasteiger partial charge in [0.05, 0.1) is 24.5 Å². The lowest BCUT2D eigenvalue weighted by Gasteiger charge is -2.21. The van der Waals surface area contributed by atoms with E-state index in [1.165, 1.54) is 12.1 Å². The van der Waals surface area contributed by atoms with Gasteiger partial charge in [-0.15, -0.1) is 0 Å². The van der Waals surface area contributed by atoms with Crippen molar-refractivity contribution in [3.05, 3.63) is 83.9 Å². The molecule has 0 spiro atoms. The van der Waals surface area contributed by atoms with Gasteiger partial charge in [-0.2, -0.15) is 10.2 Å². The van der Waals surface area contributed by atoms with E-state index in [2.05, 4.69) is 20.6 Å². The van der Waals surface area contributed by atoms with Crippen LogP contribution in [0.25, 0.3) is 16.9 Å². The van der Waals surface area contributed by atoms with E-state index in [1.54, 1.807) is 30.1 Å². The Hall–Kier alpha value is -4.02. The van der Waals surface area contributed by atoms with Crippen LogP contribution in [0.4, 0.5) is 15.0 Å². The van der Waals surface area contributed by atoms with Crippen LogP contribution in [0, 0.1) is 12.7 Å². The molecule has 1 fully saturated rings. The topological polar surface area (TPSA) is 89.2 Å². The highest BCUT2D eigenvalue weighted by Crippen LogP contribution is 2.31. The number of halogens is 1. The summed E-state index contributed by atoms with van der Waals surface area (Å²) in [5.41, 5.74) is 4.30. The number of rotatable bonds is 9. The van der Waals surface area contributed by atoms with Gasteiger partial charge in [-0.05, 0) is 43.7 Å². The monoisotopic (exact) mass is 531 g/mol. The quantitative estimate of drug-likeness (QED) is 0.333. The molecule has 2 aromatic heterocycles. The molecule has 2 atom stereocenters. The van der Waals surface area contributed by atoms with Gasteiger partial charge in [0.15, 0.2) is 0 Å². The molecule has 2 N–H and O–H groups in total. The molecule has 2 aromatic carbocycles. The highest BCUT2D eigenvalue weighted by molar-refractivity contribution is 5.91. The SMILES string of the molecule is CCn1cc(-c2nn(-c3ccccc3)c(NC(=O)NC3CN(CCOC)CC3c3ccc(F)cc3)c2C)cn1. The van der Waals surface area contributed by atoms with Crippen LogP contribution in [0.5, 0.6) is 0 Å². The molecule has 0 bridgehead atoms. The second kappa shape index (κ2) is 11.8. The number of urea groups is 1. The number of anilines is 1. The summed E-state index contributed by atoms with van der Waals surface area (Å²) in [5, 5.41) is 15.5. The van der Waals surface area contributed by atoms with Gasteiger partial charge in [0.1, 0.15) is 17.3 Å². The van der Waals surface area contributed by atoms with E-state index < -0.39 is 0 Å². The molecule has 9 nitrogen and oxygen atoms in total. The van der Waals surface area contributed by atoms with E-state index in [9.17, 15) is 9.18 Å². The summed E-state index contributed by atoms with van der Waals surface area (Å²) in [6.45, 7) is 7.49. The molecular formula is C29H34FN7O2. The van der Waals surface area contributed by atoms with Crippen LogP contribution in [0.15, 0.2) is 67.0 Å². The second-order valence-electron chi connectivity index (χ2n) is 9.77. The van der Waals surface area contributed by atoms with Crippen molar-refractivity contribution < 1.29 is 13.9 Å². The van der Waals surface area contributed by atoms with Crippen molar-refractivity contribution in [2.75, 3.05) is 38.7 Å². The zero-order valence-corrected chi connectivity index (χ0v) is 22.5. The largest absolute Gasteiger partial charge is 0.383 e. The molecule has 0 saturated carbocycles. The van der Waals surface area contributed by atoms with Crippen molar-refractivity contribution >= 4 is 11.8 Å². The molecule has 39 heavy (non-hydrogen) atoms.